The van der Waals surface area contributed by atoms with E-state index in [1.807, 2.05) is 30.3 Å². The number of carbonyl (C=O) groups excluding carboxylic acids is 1. The van der Waals surface area contributed by atoms with Gasteiger partial charge in [-0.25, -0.2) is 18.6 Å². The minimum atomic E-state index is -0.913. The number of hydrazone groups is 1. The number of urea groups is 1. The molecule has 4 rings (SSSR count). The summed E-state index contributed by atoms with van der Waals surface area (Å²) in [7, 11) is 0. The Morgan fingerprint density at radius 1 is 1.18 bits per heavy atom. The van der Waals surface area contributed by atoms with Gasteiger partial charge in [-0.05, 0) is 36.6 Å². The summed E-state index contributed by atoms with van der Waals surface area (Å²) in [5, 5.41) is 16.2. The molecule has 0 bridgehead atoms. The van der Waals surface area contributed by atoms with Gasteiger partial charge in [0.1, 0.15) is 11.6 Å². The zero-order chi connectivity index (χ0) is 24.1. The molecular formula is C24H28F2N6O2. The molecule has 0 aliphatic carbocycles. The van der Waals surface area contributed by atoms with Crippen LogP contribution in [0.5, 0.6) is 0 Å². The fourth-order valence-corrected chi connectivity index (χ4v) is 4.50. The van der Waals surface area contributed by atoms with Crippen LogP contribution in [-0.2, 0) is 10.3 Å². The number of benzene rings is 2. The number of morpholine rings is 1. The van der Waals surface area contributed by atoms with E-state index in [4.69, 9.17) is 15.9 Å². The van der Waals surface area contributed by atoms with Gasteiger partial charge in [-0.2, -0.15) is 5.10 Å². The maximum Gasteiger partial charge on any atom is 0.341 e. The number of rotatable bonds is 6. The molecule has 180 valence electrons. The van der Waals surface area contributed by atoms with Gasteiger partial charge in [0.2, 0.25) is 0 Å². The fourth-order valence-electron chi connectivity index (χ4n) is 4.50. The van der Waals surface area contributed by atoms with Crippen molar-refractivity contribution in [3.05, 3.63) is 71.3 Å². The Morgan fingerprint density at radius 3 is 2.62 bits per heavy atom. The van der Waals surface area contributed by atoms with E-state index in [1.54, 1.807) is 4.90 Å². The zero-order valence-electron chi connectivity index (χ0n) is 18.8. The molecule has 2 amide bonds. The lowest BCUT2D eigenvalue weighted by atomic mass is 9.80. The molecule has 2 aliphatic heterocycles. The van der Waals surface area contributed by atoms with E-state index in [0.717, 1.165) is 23.8 Å². The number of nitrogens with two attached hydrogens (primary N) is 1. The summed E-state index contributed by atoms with van der Waals surface area (Å²) in [4.78, 5) is 15.4. The average molecular weight is 471 g/mol. The molecule has 34 heavy (non-hydrogen) atoms. The topological polar surface area (TPSA) is 107 Å². The molecule has 2 aromatic rings. The minimum Gasteiger partial charge on any atom is -0.378 e. The Morgan fingerprint density at radius 2 is 1.91 bits per heavy atom. The van der Waals surface area contributed by atoms with E-state index in [1.165, 1.54) is 5.01 Å². The van der Waals surface area contributed by atoms with Gasteiger partial charge in [-0.3, -0.25) is 5.41 Å². The number of guanidine groups is 1. The lowest BCUT2D eigenvalue weighted by molar-refractivity contribution is 0.0291. The minimum absolute atomic E-state index is 0.0412. The molecule has 1 unspecified atom stereocenters. The quantitative estimate of drug-likeness (QED) is 0.343. The van der Waals surface area contributed by atoms with Gasteiger partial charge in [0.15, 0.2) is 5.96 Å². The van der Waals surface area contributed by atoms with Crippen LogP contribution >= 0.6 is 0 Å². The largest absolute Gasteiger partial charge is 0.378 e. The van der Waals surface area contributed by atoms with Crippen molar-refractivity contribution in [2.45, 2.75) is 24.8 Å². The van der Waals surface area contributed by atoms with Gasteiger partial charge < -0.3 is 20.7 Å². The second-order valence-electron chi connectivity index (χ2n) is 8.38. The van der Waals surface area contributed by atoms with Gasteiger partial charge in [-0.15, -0.1) is 0 Å². The highest BCUT2D eigenvalue weighted by Crippen LogP contribution is 2.43. The molecule has 0 spiro atoms. The van der Waals surface area contributed by atoms with E-state index in [9.17, 15) is 13.6 Å². The van der Waals surface area contributed by atoms with Crippen LogP contribution in [0.3, 0.4) is 0 Å². The van der Waals surface area contributed by atoms with Crippen LogP contribution in [0, 0.1) is 17.0 Å². The van der Waals surface area contributed by atoms with E-state index in [2.05, 4.69) is 10.4 Å². The van der Waals surface area contributed by atoms with Crippen LogP contribution in [0.15, 0.2) is 53.6 Å². The number of ether oxygens (including phenoxy) is 1. The fraction of sp³-hybridized carbons (Fsp3) is 0.375. The molecular weight excluding hydrogens is 442 g/mol. The van der Waals surface area contributed by atoms with Crippen molar-refractivity contribution in [1.29, 1.82) is 5.41 Å². The third-order valence-electron chi connectivity index (χ3n) is 6.18. The molecule has 2 aliphatic rings. The zero-order valence-corrected chi connectivity index (χ0v) is 18.8. The molecule has 4 N–H and O–H groups in total. The third-order valence-corrected chi connectivity index (χ3v) is 6.18. The molecule has 0 saturated carbocycles. The molecule has 1 saturated heterocycles. The lowest BCUT2D eigenvalue weighted by Gasteiger charge is -2.40. The Bertz CT molecular complexity index is 1070. The predicted molar refractivity (Wildman–Crippen MR) is 124 cm³/mol. The van der Waals surface area contributed by atoms with Crippen molar-refractivity contribution in [3.8, 4) is 0 Å². The SMILES string of the molecule is N=C(N)NCCCC1(c2ccccc2)CC(c2cc(F)ccc2F)=NN1C(=O)N1CCOCC1. The summed E-state index contributed by atoms with van der Waals surface area (Å²) in [6.07, 6.45) is 1.25. The first-order valence-electron chi connectivity index (χ1n) is 11.2. The number of amides is 2. The summed E-state index contributed by atoms with van der Waals surface area (Å²) < 4.78 is 34.1. The maximum absolute atomic E-state index is 14.7. The van der Waals surface area contributed by atoms with Crippen LogP contribution in [-0.4, -0.2) is 60.5 Å². The van der Waals surface area contributed by atoms with Gasteiger partial charge in [0.05, 0.1) is 24.5 Å². The van der Waals surface area contributed by atoms with E-state index < -0.39 is 17.2 Å². The highest BCUT2D eigenvalue weighted by atomic mass is 19.1. The predicted octanol–water partition coefficient (Wildman–Crippen LogP) is 2.99. The number of nitrogens with zero attached hydrogens (tertiary/aromatic N) is 3. The Labute approximate surface area is 196 Å². The van der Waals surface area contributed by atoms with Crippen molar-refractivity contribution in [3.63, 3.8) is 0 Å². The summed E-state index contributed by atoms with van der Waals surface area (Å²) in [5.41, 5.74) is 5.70. The van der Waals surface area contributed by atoms with Crippen LogP contribution in [0.2, 0.25) is 0 Å². The highest BCUT2D eigenvalue weighted by molar-refractivity contribution is 6.04. The summed E-state index contributed by atoms with van der Waals surface area (Å²) >= 11 is 0. The number of carbonyl (C=O) groups is 1. The van der Waals surface area contributed by atoms with E-state index >= 15 is 0 Å². The summed E-state index contributed by atoms with van der Waals surface area (Å²) in [5.74, 6) is -1.31. The number of hydrogen-bond acceptors (Lipinski definition) is 4. The standard InChI is InChI=1S/C24H28F2N6O2/c25-18-7-8-20(26)19(15-18)21-16-24(9-4-10-29-22(27)28,17-5-2-1-3-6-17)32(30-21)23(33)31-11-13-34-14-12-31/h1-3,5-8,15H,4,9-14,16H2,(H4,27,28,29). The van der Waals surface area contributed by atoms with Gasteiger partial charge in [-0.1, -0.05) is 30.3 Å². The normalized spacial score (nSPS) is 20.2. The smallest absolute Gasteiger partial charge is 0.341 e. The Kier molecular flexibility index (Phi) is 7.06. The van der Waals surface area contributed by atoms with Gasteiger partial charge in [0, 0.05) is 31.6 Å². The molecule has 2 aromatic carbocycles. The van der Waals surface area contributed by atoms with Crippen LogP contribution < -0.4 is 11.1 Å². The molecule has 1 fully saturated rings. The van der Waals surface area contributed by atoms with E-state index in [-0.39, 0.29) is 24.0 Å². The first-order valence-corrected chi connectivity index (χ1v) is 11.2. The monoisotopic (exact) mass is 470 g/mol. The number of halogens is 2. The van der Waals surface area contributed by atoms with E-state index in [0.29, 0.717) is 51.4 Å². The lowest BCUT2D eigenvalue weighted by Crippen LogP contribution is -2.52. The third kappa shape index (κ3) is 4.86. The average Bonchev–Trinajstić information content (AvgIpc) is 3.24. The summed E-state index contributed by atoms with van der Waals surface area (Å²) in [6, 6.07) is 12.4. The second-order valence-corrected chi connectivity index (χ2v) is 8.38. The molecule has 0 aromatic heterocycles. The van der Waals surface area contributed by atoms with Crippen molar-refractivity contribution in [2.24, 2.45) is 10.8 Å². The van der Waals surface area contributed by atoms with Gasteiger partial charge >= 0.3 is 6.03 Å². The molecule has 0 radical (unpaired) electrons. The van der Waals surface area contributed by atoms with Crippen LogP contribution in [0.25, 0.3) is 0 Å². The van der Waals surface area contributed by atoms with Crippen molar-refractivity contribution in [2.75, 3.05) is 32.8 Å². The Balaban J connectivity index is 1.76. The number of hydrogen-bond donors (Lipinski definition) is 3. The first-order chi connectivity index (χ1) is 16.4. The molecule has 1 atom stereocenters. The highest BCUT2D eigenvalue weighted by Gasteiger charge is 2.48. The van der Waals surface area contributed by atoms with Crippen LogP contribution in [0.4, 0.5) is 13.6 Å². The molecule has 2 heterocycles. The Hall–Kier alpha value is -3.53. The van der Waals surface area contributed by atoms with Crippen molar-refractivity contribution >= 4 is 17.7 Å². The molecule has 10 heteroatoms. The van der Waals surface area contributed by atoms with Gasteiger partial charge in [0.25, 0.3) is 0 Å². The number of nitrogens with one attached hydrogen (secondary N) is 2. The van der Waals surface area contributed by atoms with Crippen molar-refractivity contribution in [1.82, 2.24) is 15.2 Å². The van der Waals surface area contributed by atoms with Crippen molar-refractivity contribution < 1.29 is 18.3 Å². The summed E-state index contributed by atoms with van der Waals surface area (Å²) in [6.45, 7) is 2.12. The first kappa shape index (κ1) is 23.6. The maximum atomic E-state index is 14.7. The van der Waals surface area contributed by atoms with Crippen LogP contribution in [0.1, 0.15) is 30.4 Å². The second kappa shape index (κ2) is 10.2. The molecule has 8 nitrogen and oxygen atoms in total.